The summed E-state index contributed by atoms with van der Waals surface area (Å²) in [5.41, 5.74) is 34.3. The van der Waals surface area contributed by atoms with E-state index in [4.69, 9.17) is 34.4 Å². The van der Waals surface area contributed by atoms with Crippen molar-refractivity contribution in [3.8, 4) is 0 Å². The summed E-state index contributed by atoms with van der Waals surface area (Å²) in [4.78, 5) is 12.4. The minimum Gasteiger partial charge on any atom is -0.391 e. The fourth-order valence-electron chi connectivity index (χ4n) is 3.11. The van der Waals surface area contributed by atoms with Crippen LogP contribution < -0.4 is 34.4 Å². The fraction of sp³-hybridized carbons (Fsp3) is 0.400. The highest BCUT2D eigenvalue weighted by Gasteiger charge is 2.37. The molecule has 1 aliphatic rings. The average Bonchev–Trinajstić information content (AvgIpc) is 2.49. The summed E-state index contributed by atoms with van der Waals surface area (Å²) in [6.07, 6.45) is 0.150. The SMILES string of the molecule is NC(N)=Nc1ccc([C@H]2C[C@@H](O)[C@H](N=C(N)N)C[C@@H]2N=C(N)N)cc1. The summed E-state index contributed by atoms with van der Waals surface area (Å²) in [6.45, 7) is 0. The van der Waals surface area contributed by atoms with Crippen molar-refractivity contribution in [2.75, 3.05) is 0 Å². The van der Waals surface area contributed by atoms with Gasteiger partial charge in [-0.15, -0.1) is 0 Å². The lowest BCUT2D eigenvalue weighted by Crippen LogP contribution is -2.42. The lowest BCUT2D eigenvalue weighted by Gasteiger charge is -2.36. The molecule has 1 aromatic carbocycles. The van der Waals surface area contributed by atoms with Gasteiger partial charge in [0.05, 0.1) is 23.9 Å². The predicted molar refractivity (Wildman–Crippen MR) is 99.1 cm³/mol. The van der Waals surface area contributed by atoms with Gasteiger partial charge in [-0.3, -0.25) is 0 Å². The molecule has 25 heavy (non-hydrogen) atoms. The summed E-state index contributed by atoms with van der Waals surface area (Å²) in [5, 5.41) is 10.4. The Bertz CT molecular complexity index is 671. The zero-order valence-corrected chi connectivity index (χ0v) is 13.8. The van der Waals surface area contributed by atoms with Gasteiger partial charge in [0.1, 0.15) is 0 Å². The Morgan fingerprint density at radius 3 is 1.88 bits per heavy atom. The molecule has 1 aromatic rings. The van der Waals surface area contributed by atoms with Gasteiger partial charge >= 0.3 is 0 Å². The van der Waals surface area contributed by atoms with Crippen molar-refractivity contribution in [1.82, 2.24) is 0 Å². The molecule has 136 valence electrons. The Hall–Kier alpha value is -3.01. The number of nitrogens with zero attached hydrogens (tertiary/aromatic N) is 3. The van der Waals surface area contributed by atoms with Gasteiger partial charge in [0.2, 0.25) is 0 Å². The fourth-order valence-corrected chi connectivity index (χ4v) is 3.11. The van der Waals surface area contributed by atoms with E-state index in [1.807, 2.05) is 12.1 Å². The number of rotatable bonds is 4. The first-order valence-electron chi connectivity index (χ1n) is 7.81. The van der Waals surface area contributed by atoms with Gasteiger partial charge in [0.15, 0.2) is 17.9 Å². The molecule has 0 aliphatic heterocycles. The molecule has 0 radical (unpaired) electrons. The number of aliphatic imine (C=N–C) groups is 3. The van der Waals surface area contributed by atoms with E-state index in [1.165, 1.54) is 0 Å². The van der Waals surface area contributed by atoms with Gasteiger partial charge in [0.25, 0.3) is 0 Å². The third-order valence-electron chi connectivity index (χ3n) is 4.10. The second kappa shape index (κ2) is 7.71. The van der Waals surface area contributed by atoms with Crippen LogP contribution in [0.1, 0.15) is 24.3 Å². The Morgan fingerprint density at radius 1 is 0.800 bits per heavy atom. The second-order valence-corrected chi connectivity index (χ2v) is 6.02. The van der Waals surface area contributed by atoms with Gasteiger partial charge in [0, 0.05) is 5.92 Å². The van der Waals surface area contributed by atoms with Crippen LogP contribution in [0.15, 0.2) is 39.2 Å². The maximum absolute atomic E-state index is 10.4. The molecule has 0 amide bonds. The first-order valence-corrected chi connectivity index (χ1v) is 7.81. The molecule has 0 saturated heterocycles. The maximum atomic E-state index is 10.4. The van der Waals surface area contributed by atoms with Crippen molar-refractivity contribution in [2.45, 2.75) is 36.9 Å². The van der Waals surface area contributed by atoms with Crippen LogP contribution in [0.3, 0.4) is 0 Å². The van der Waals surface area contributed by atoms with Gasteiger partial charge in [-0.25, -0.2) is 15.0 Å². The summed E-state index contributed by atoms with van der Waals surface area (Å²) in [5.74, 6) is -0.199. The number of nitrogens with two attached hydrogens (primary N) is 6. The second-order valence-electron chi connectivity index (χ2n) is 6.02. The molecule has 0 aromatic heterocycles. The Labute approximate surface area is 145 Å². The van der Waals surface area contributed by atoms with Crippen molar-refractivity contribution in [2.24, 2.45) is 49.4 Å². The quantitative estimate of drug-likeness (QED) is 0.242. The Morgan fingerprint density at radius 2 is 1.36 bits per heavy atom. The van der Waals surface area contributed by atoms with Crippen LogP contribution in [0, 0.1) is 0 Å². The number of benzene rings is 1. The molecule has 10 heteroatoms. The van der Waals surface area contributed by atoms with Crippen LogP contribution in [0.4, 0.5) is 5.69 Å². The standard InChI is InChI=1S/C15H25N9O/c16-13(17)22-8-3-1-7(2-4-8)9-5-12(25)11(24-15(20)21)6-10(9)23-14(18)19/h1-4,9-12,25H,5-6H2,(H4,16,17,22)(H4,18,19,23)(H4,20,21,24)/t9-,10+,11-,12-/m1/s1. The summed E-state index contributed by atoms with van der Waals surface area (Å²) in [6, 6.07) is 6.64. The van der Waals surface area contributed by atoms with Crippen LogP contribution in [-0.2, 0) is 0 Å². The number of aliphatic hydroxyl groups is 1. The highest BCUT2D eigenvalue weighted by molar-refractivity contribution is 5.79. The first-order chi connectivity index (χ1) is 11.8. The first kappa shape index (κ1) is 18.3. The normalized spacial score (nSPS) is 25.6. The van der Waals surface area contributed by atoms with Gasteiger partial charge < -0.3 is 39.5 Å². The molecule has 2 rings (SSSR count). The highest BCUT2D eigenvalue weighted by atomic mass is 16.3. The topological polar surface area (TPSA) is 213 Å². The van der Waals surface area contributed by atoms with E-state index in [9.17, 15) is 5.11 Å². The zero-order valence-electron chi connectivity index (χ0n) is 13.8. The summed E-state index contributed by atoms with van der Waals surface area (Å²) in [7, 11) is 0. The van der Waals surface area contributed by atoms with E-state index < -0.39 is 12.1 Å². The lowest BCUT2D eigenvalue weighted by atomic mass is 9.76. The highest BCUT2D eigenvalue weighted by Crippen LogP contribution is 2.37. The molecule has 1 fully saturated rings. The van der Waals surface area contributed by atoms with E-state index in [0.29, 0.717) is 18.5 Å². The third kappa shape index (κ3) is 4.98. The predicted octanol–water partition coefficient (Wildman–Crippen LogP) is -1.89. The van der Waals surface area contributed by atoms with Crippen molar-refractivity contribution in [1.29, 1.82) is 0 Å². The molecule has 0 heterocycles. The lowest BCUT2D eigenvalue weighted by molar-refractivity contribution is 0.0910. The molecule has 0 unspecified atom stereocenters. The molecule has 4 atom stereocenters. The Balaban J connectivity index is 2.29. The maximum Gasteiger partial charge on any atom is 0.191 e. The molecule has 10 nitrogen and oxygen atoms in total. The van der Waals surface area contributed by atoms with Crippen molar-refractivity contribution in [3.05, 3.63) is 29.8 Å². The summed E-state index contributed by atoms with van der Waals surface area (Å²) >= 11 is 0. The van der Waals surface area contributed by atoms with Crippen molar-refractivity contribution < 1.29 is 5.11 Å². The van der Waals surface area contributed by atoms with Crippen LogP contribution in [0.2, 0.25) is 0 Å². The van der Waals surface area contributed by atoms with Crippen LogP contribution >= 0.6 is 0 Å². The molecule has 1 aliphatic carbocycles. The largest absolute Gasteiger partial charge is 0.391 e. The molecule has 1 saturated carbocycles. The van der Waals surface area contributed by atoms with E-state index in [1.54, 1.807) is 12.1 Å². The van der Waals surface area contributed by atoms with Crippen LogP contribution in [-0.4, -0.2) is 41.2 Å². The molecular formula is C15H25N9O. The molecule has 13 N–H and O–H groups in total. The van der Waals surface area contributed by atoms with Crippen molar-refractivity contribution >= 4 is 23.6 Å². The minimum absolute atomic E-state index is 0.0145. The number of guanidine groups is 3. The molecule has 0 spiro atoms. The number of hydrogen-bond acceptors (Lipinski definition) is 4. The third-order valence-corrected chi connectivity index (χ3v) is 4.10. The van der Waals surface area contributed by atoms with Gasteiger partial charge in [-0.1, -0.05) is 12.1 Å². The number of hydrogen-bond donors (Lipinski definition) is 7. The monoisotopic (exact) mass is 347 g/mol. The smallest absolute Gasteiger partial charge is 0.191 e. The molecular weight excluding hydrogens is 322 g/mol. The van der Waals surface area contributed by atoms with Gasteiger partial charge in [-0.05, 0) is 30.5 Å². The zero-order chi connectivity index (χ0) is 18.6. The van der Waals surface area contributed by atoms with Crippen molar-refractivity contribution in [3.63, 3.8) is 0 Å². The van der Waals surface area contributed by atoms with E-state index in [2.05, 4.69) is 15.0 Å². The van der Waals surface area contributed by atoms with Crippen LogP contribution in [0.25, 0.3) is 0 Å². The molecule has 0 bridgehead atoms. The minimum atomic E-state index is -0.699. The van der Waals surface area contributed by atoms with Gasteiger partial charge in [-0.2, -0.15) is 0 Å². The van der Waals surface area contributed by atoms with E-state index in [0.717, 1.165) is 5.56 Å². The van der Waals surface area contributed by atoms with Crippen LogP contribution in [0.5, 0.6) is 0 Å². The Kier molecular flexibility index (Phi) is 5.65. The van der Waals surface area contributed by atoms with E-state index in [-0.39, 0.29) is 29.8 Å². The number of aliphatic hydroxyl groups excluding tert-OH is 1. The average molecular weight is 347 g/mol. The summed E-state index contributed by atoms with van der Waals surface area (Å²) < 4.78 is 0. The van der Waals surface area contributed by atoms with E-state index >= 15 is 0 Å².